The first-order chi connectivity index (χ1) is 7.27. The van der Waals surface area contributed by atoms with Crippen LogP contribution >= 0.6 is 0 Å². The Bertz CT molecular complexity index is 326. The lowest BCUT2D eigenvalue weighted by Gasteiger charge is -2.32. The summed E-state index contributed by atoms with van der Waals surface area (Å²) in [6.07, 6.45) is -0.287. The molecule has 1 saturated heterocycles. The SMILES string of the molecule is NC(c1[c]ccc(F)c1)N1CCOCC1. The molecule has 1 radical (unpaired) electrons. The molecule has 1 atom stereocenters. The van der Waals surface area contributed by atoms with Crippen molar-refractivity contribution in [3.8, 4) is 0 Å². The van der Waals surface area contributed by atoms with Gasteiger partial charge in [0.1, 0.15) is 5.82 Å². The summed E-state index contributed by atoms with van der Waals surface area (Å²) in [6, 6.07) is 7.32. The Balaban J connectivity index is 2.08. The van der Waals surface area contributed by atoms with Gasteiger partial charge in [0.15, 0.2) is 0 Å². The van der Waals surface area contributed by atoms with E-state index in [0.717, 1.165) is 13.1 Å². The van der Waals surface area contributed by atoms with E-state index in [2.05, 4.69) is 11.0 Å². The van der Waals surface area contributed by atoms with Crippen LogP contribution in [0.4, 0.5) is 4.39 Å². The molecule has 81 valence electrons. The summed E-state index contributed by atoms with van der Waals surface area (Å²) in [5, 5.41) is 0. The van der Waals surface area contributed by atoms with Gasteiger partial charge in [-0.2, -0.15) is 0 Å². The lowest BCUT2D eigenvalue weighted by Crippen LogP contribution is -2.42. The molecule has 2 N–H and O–H groups in total. The number of rotatable bonds is 2. The molecule has 1 aliphatic rings. The fourth-order valence-corrected chi connectivity index (χ4v) is 1.68. The van der Waals surface area contributed by atoms with E-state index in [9.17, 15) is 4.39 Å². The van der Waals surface area contributed by atoms with Crippen LogP contribution in [0.15, 0.2) is 18.2 Å². The zero-order valence-electron chi connectivity index (χ0n) is 8.45. The summed E-state index contributed by atoms with van der Waals surface area (Å²) in [6.45, 7) is 2.93. The Morgan fingerprint density at radius 3 is 2.87 bits per heavy atom. The lowest BCUT2D eigenvalue weighted by molar-refractivity contribution is 0.0172. The zero-order valence-corrected chi connectivity index (χ0v) is 8.45. The molecule has 1 unspecified atom stereocenters. The number of benzene rings is 1. The minimum absolute atomic E-state index is 0.271. The van der Waals surface area contributed by atoms with Crippen LogP contribution in [0.3, 0.4) is 0 Å². The molecule has 0 aromatic heterocycles. The van der Waals surface area contributed by atoms with Crippen molar-refractivity contribution in [2.75, 3.05) is 26.3 Å². The van der Waals surface area contributed by atoms with Crippen molar-refractivity contribution >= 4 is 0 Å². The van der Waals surface area contributed by atoms with Crippen LogP contribution in [-0.4, -0.2) is 31.2 Å². The Kier molecular flexibility index (Phi) is 3.30. The fraction of sp³-hybridized carbons (Fsp3) is 0.455. The highest BCUT2D eigenvalue weighted by Crippen LogP contribution is 2.16. The first kappa shape index (κ1) is 10.5. The third-order valence-electron chi connectivity index (χ3n) is 2.54. The minimum atomic E-state index is -0.287. The number of halogens is 1. The molecule has 0 saturated carbocycles. The summed E-state index contributed by atoms with van der Waals surface area (Å²) < 4.78 is 18.2. The van der Waals surface area contributed by atoms with E-state index in [1.54, 1.807) is 6.07 Å². The molecule has 15 heavy (non-hydrogen) atoms. The molecule has 0 aliphatic carbocycles. The highest BCUT2D eigenvalue weighted by Gasteiger charge is 2.19. The van der Waals surface area contributed by atoms with E-state index in [1.165, 1.54) is 12.1 Å². The zero-order chi connectivity index (χ0) is 10.7. The van der Waals surface area contributed by atoms with Gasteiger partial charge in [-0.3, -0.25) is 4.90 Å². The highest BCUT2D eigenvalue weighted by atomic mass is 19.1. The van der Waals surface area contributed by atoms with Crippen LogP contribution in [0.5, 0.6) is 0 Å². The van der Waals surface area contributed by atoms with Crippen LogP contribution < -0.4 is 5.73 Å². The number of hydrogen-bond acceptors (Lipinski definition) is 3. The predicted molar refractivity (Wildman–Crippen MR) is 54.6 cm³/mol. The molecule has 1 fully saturated rings. The topological polar surface area (TPSA) is 38.5 Å². The van der Waals surface area contributed by atoms with E-state index in [-0.39, 0.29) is 12.0 Å². The molecule has 0 amide bonds. The maximum atomic E-state index is 13.0. The van der Waals surface area contributed by atoms with Crippen LogP contribution in [0.2, 0.25) is 0 Å². The molecular weight excluding hydrogens is 195 g/mol. The molecular formula is C11H14FN2O. The number of nitrogens with zero attached hydrogens (tertiary/aromatic N) is 1. The van der Waals surface area contributed by atoms with Gasteiger partial charge in [-0.05, 0) is 23.8 Å². The molecule has 1 heterocycles. The summed E-state index contributed by atoms with van der Waals surface area (Å²) >= 11 is 0. The van der Waals surface area contributed by atoms with E-state index in [1.807, 2.05) is 0 Å². The molecule has 0 bridgehead atoms. The predicted octanol–water partition coefficient (Wildman–Crippen LogP) is 0.915. The summed E-state index contributed by atoms with van der Waals surface area (Å²) in [7, 11) is 0. The maximum absolute atomic E-state index is 13.0. The third kappa shape index (κ3) is 2.53. The second-order valence-corrected chi connectivity index (χ2v) is 3.56. The number of ether oxygens (including phenoxy) is 1. The lowest BCUT2D eigenvalue weighted by atomic mass is 10.1. The van der Waals surface area contributed by atoms with Crippen molar-refractivity contribution in [1.29, 1.82) is 0 Å². The molecule has 1 aromatic carbocycles. The highest BCUT2D eigenvalue weighted by molar-refractivity contribution is 5.18. The van der Waals surface area contributed by atoms with Crippen LogP contribution in [-0.2, 0) is 4.74 Å². The maximum Gasteiger partial charge on any atom is 0.123 e. The van der Waals surface area contributed by atoms with E-state index in [0.29, 0.717) is 18.8 Å². The van der Waals surface area contributed by atoms with E-state index in [4.69, 9.17) is 10.5 Å². The van der Waals surface area contributed by atoms with Gasteiger partial charge in [0.05, 0.1) is 19.4 Å². The van der Waals surface area contributed by atoms with Crippen molar-refractivity contribution in [2.45, 2.75) is 6.17 Å². The number of nitrogens with two attached hydrogens (primary N) is 1. The van der Waals surface area contributed by atoms with E-state index >= 15 is 0 Å². The molecule has 4 heteroatoms. The average molecular weight is 209 g/mol. The molecule has 1 aromatic rings. The average Bonchev–Trinajstić information content (AvgIpc) is 2.29. The van der Waals surface area contributed by atoms with Crippen molar-refractivity contribution in [3.05, 3.63) is 35.6 Å². The van der Waals surface area contributed by atoms with E-state index < -0.39 is 0 Å². The van der Waals surface area contributed by atoms with Gasteiger partial charge in [-0.25, -0.2) is 4.39 Å². The summed E-state index contributed by atoms with van der Waals surface area (Å²) in [4.78, 5) is 2.06. The van der Waals surface area contributed by atoms with Crippen molar-refractivity contribution in [1.82, 2.24) is 4.90 Å². The Morgan fingerprint density at radius 2 is 2.20 bits per heavy atom. The smallest absolute Gasteiger partial charge is 0.123 e. The van der Waals surface area contributed by atoms with Crippen LogP contribution in [0.1, 0.15) is 11.7 Å². The quantitative estimate of drug-likeness (QED) is 0.787. The number of morpholine rings is 1. The Hall–Kier alpha value is -0.970. The van der Waals surface area contributed by atoms with Crippen molar-refractivity contribution < 1.29 is 9.13 Å². The molecule has 0 spiro atoms. The molecule has 3 nitrogen and oxygen atoms in total. The Morgan fingerprint density at radius 1 is 1.47 bits per heavy atom. The van der Waals surface area contributed by atoms with Crippen LogP contribution in [0.25, 0.3) is 0 Å². The van der Waals surface area contributed by atoms with Gasteiger partial charge in [0.2, 0.25) is 0 Å². The van der Waals surface area contributed by atoms with Gasteiger partial charge in [-0.1, -0.05) is 6.07 Å². The Labute approximate surface area is 88.6 Å². The second-order valence-electron chi connectivity index (χ2n) is 3.56. The minimum Gasteiger partial charge on any atom is -0.379 e. The van der Waals surface area contributed by atoms with Gasteiger partial charge >= 0.3 is 0 Å². The molecule has 2 rings (SSSR count). The van der Waals surface area contributed by atoms with Gasteiger partial charge < -0.3 is 10.5 Å². The van der Waals surface area contributed by atoms with Crippen LogP contribution in [0, 0.1) is 11.9 Å². The normalized spacial score (nSPS) is 20.1. The standard InChI is InChI=1S/C11H14FN2O/c12-10-3-1-2-9(8-10)11(13)14-4-6-15-7-5-14/h1,3,8,11H,4-7,13H2. The second kappa shape index (κ2) is 4.70. The fourth-order valence-electron chi connectivity index (χ4n) is 1.68. The first-order valence-corrected chi connectivity index (χ1v) is 5.02. The summed E-state index contributed by atoms with van der Waals surface area (Å²) in [5.74, 6) is -0.271. The molecule has 1 aliphatic heterocycles. The van der Waals surface area contributed by atoms with Crippen molar-refractivity contribution in [3.63, 3.8) is 0 Å². The third-order valence-corrected chi connectivity index (χ3v) is 2.54. The van der Waals surface area contributed by atoms with Gasteiger partial charge in [0.25, 0.3) is 0 Å². The largest absolute Gasteiger partial charge is 0.379 e. The number of hydrogen-bond donors (Lipinski definition) is 1. The van der Waals surface area contributed by atoms with Crippen molar-refractivity contribution in [2.24, 2.45) is 5.73 Å². The van der Waals surface area contributed by atoms with Gasteiger partial charge in [-0.15, -0.1) is 0 Å². The monoisotopic (exact) mass is 209 g/mol. The van der Waals surface area contributed by atoms with Gasteiger partial charge in [0, 0.05) is 13.1 Å². The first-order valence-electron chi connectivity index (χ1n) is 5.02. The summed E-state index contributed by atoms with van der Waals surface area (Å²) in [5.41, 5.74) is 6.70.